The highest BCUT2D eigenvalue weighted by molar-refractivity contribution is 6.11. The zero-order valence-electron chi connectivity index (χ0n) is 22.2. The van der Waals surface area contributed by atoms with Crippen LogP contribution in [-0.4, -0.2) is 72.3 Å². The van der Waals surface area contributed by atoms with Crippen LogP contribution in [0.15, 0.2) is 66.7 Å². The fourth-order valence-corrected chi connectivity index (χ4v) is 5.28. The van der Waals surface area contributed by atoms with Crippen LogP contribution in [0.5, 0.6) is 5.75 Å². The molecule has 1 N–H and O–H groups in total. The van der Waals surface area contributed by atoms with Crippen LogP contribution >= 0.6 is 0 Å². The topological polar surface area (TPSA) is 99.3 Å². The van der Waals surface area contributed by atoms with Crippen LogP contribution in [0.4, 0.5) is 24.5 Å². The molecule has 6 rings (SSSR count). The predicted octanol–water partition coefficient (Wildman–Crippen LogP) is 3.79. The van der Waals surface area contributed by atoms with Gasteiger partial charge in [-0.15, -0.1) is 0 Å². The lowest BCUT2D eigenvalue weighted by atomic mass is 9.99. The van der Waals surface area contributed by atoms with E-state index in [9.17, 15) is 32.3 Å². The highest BCUT2D eigenvalue weighted by Gasteiger charge is 2.40. The summed E-state index contributed by atoms with van der Waals surface area (Å²) in [7, 11) is 0. The van der Waals surface area contributed by atoms with Crippen LogP contribution in [-0.2, 0) is 20.6 Å². The van der Waals surface area contributed by atoms with E-state index >= 15 is 0 Å². The monoisotopic (exact) mass is 578 g/mol. The molecule has 216 valence electrons. The minimum Gasteiger partial charge on any atom is -0.484 e. The van der Waals surface area contributed by atoms with Gasteiger partial charge in [0, 0.05) is 31.7 Å². The van der Waals surface area contributed by atoms with E-state index in [4.69, 9.17) is 4.74 Å². The molecule has 2 saturated heterocycles. The number of carbonyl (C=O) groups is 4. The summed E-state index contributed by atoms with van der Waals surface area (Å²) in [6.45, 7) is 0.628. The average molecular weight is 579 g/mol. The lowest BCUT2D eigenvalue weighted by Gasteiger charge is -2.39. The summed E-state index contributed by atoms with van der Waals surface area (Å²) in [5.74, 6) is -0.772. The first-order chi connectivity index (χ1) is 20.1. The molecule has 9 nitrogen and oxygen atoms in total. The molecule has 2 fully saturated rings. The first kappa shape index (κ1) is 27.3. The van der Waals surface area contributed by atoms with Gasteiger partial charge in [0.25, 0.3) is 11.8 Å². The van der Waals surface area contributed by atoms with Crippen molar-refractivity contribution in [3.8, 4) is 16.9 Å². The van der Waals surface area contributed by atoms with Crippen molar-refractivity contribution in [2.45, 2.75) is 18.6 Å². The Morgan fingerprint density at radius 1 is 0.929 bits per heavy atom. The second-order valence-corrected chi connectivity index (χ2v) is 10.3. The summed E-state index contributed by atoms with van der Waals surface area (Å²) in [5.41, 5.74) is 1.04. The van der Waals surface area contributed by atoms with Crippen molar-refractivity contribution in [3.63, 3.8) is 0 Å². The largest absolute Gasteiger partial charge is 0.484 e. The normalized spacial score (nSPS) is 18.5. The number of anilines is 2. The minimum absolute atomic E-state index is 0.0375. The van der Waals surface area contributed by atoms with Crippen molar-refractivity contribution < 1.29 is 37.1 Å². The maximum Gasteiger partial charge on any atom is 0.416 e. The third-order valence-corrected chi connectivity index (χ3v) is 7.69. The third-order valence-electron chi connectivity index (χ3n) is 7.69. The number of hydrogen-bond acceptors (Lipinski definition) is 5. The molecule has 3 aliphatic heterocycles. The van der Waals surface area contributed by atoms with Gasteiger partial charge in [-0.05, 0) is 59.7 Å². The first-order valence-corrected chi connectivity index (χ1v) is 13.3. The fourth-order valence-electron chi connectivity index (χ4n) is 5.28. The van der Waals surface area contributed by atoms with E-state index < -0.39 is 29.6 Å². The van der Waals surface area contributed by atoms with Gasteiger partial charge in [-0.2, -0.15) is 13.2 Å². The SMILES string of the molecule is O=C1Nc2ccc(-c3cccc(C(F)(F)F)c3)cc2C(=O)N2CCN(C(=O)COc3ccc(N4CCC4=O)cc3)CC12. The van der Waals surface area contributed by atoms with E-state index in [-0.39, 0.29) is 54.9 Å². The molecule has 0 bridgehead atoms. The fraction of sp³-hybridized carbons (Fsp3) is 0.267. The number of halogens is 3. The van der Waals surface area contributed by atoms with Gasteiger partial charge in [-0.3, -0.25) is 19.2 Å². The van der Waals surface area contributed by atoms with Crippen LogP contribution in [0.25, 0.3) is 11.1 Å². The van der Waals surface area contributed by atoms with Gasteiger partial charge in [-0.25, -0.2) is 0 Å². The smallest absolute Gasteiger partial charge is 0.416 e. The van der Waals surface area contributed by atoms with Crippen molar-refractivity contribution in [2.24, 2.45) is 0 Å². The Balaban J connectivity index is 1.13. The summed E-state index contributed by atoms with van der Waals surface area (Å²) in [4.78, 5) is 55.7. The average Bonchev–Trinajstić information content (AvgIpc) is 3.08. The number of nitrogens with zero attached hydrogens (tertiary/aromatic N) is 3. The predicted molar refractivity (Wildman–Crippen MR) is 146 cm³/mol. The lowest BCUT2D eigenvalue weighted by Crippen LogP contribution is -2.60. The molecule has 3 aliphatic rings. The molecule has 1 unspecified atom stereocenters. The maximum atomic E-state index is 13.5. The number of carbonyl (C=O) groups excluding carboxylic acids is 4. The minimum atomic E-state index is -4.51. The summed E-state index contributed by atoms with van der Waals surface area (Å²) >= 11 is 0. The molecule has 0 radical (unpaired) electrons. The van der Waals surface area contributed by atoms with E-state index in [2.05, 4.69) is 5.32 Å². The molecule has 3 heterocycles. The molecule has 1 atom stereocenters. The zero-order chi connectivity index (χ0) is 29.6. The van der Waals surface area contributed by atoms with E-state index in [1.54, 1.807) is 35.2 Å². The number of ether oxygens (including phenoxy) is 1. The molecule has 0 aromatic heterocycles. The maximum absolute atomic E-state index is 13.5. The lowest BCUT2D eigenvalue weighted by molar-refractivity contribution is -0.138. The molecular formula is C30H25F3N4O5. The number of β-lactam (4-membered cyclic amide) rings is 1. The number of alkyl halides is 3. The molecular weight excluding hydrogens is 553 g/mol. The number of nitrogens with one attached hydrogen (secondary N) is 1. The van der Waals surface area contributed by atoms with E-state index in [0.29, 0.717) is 24.3 Å². The summed E-state index contributed by atoms with van der Waals surface area (Å²) < 4.78 is 45.3. The van der Waals surface area contributed by atoms with E-state index in [1.807, 2.05) is 0 Å². The Morgan fingerprint density at radius 2 is 1.69 bits per heavy atom. The molecule has 4 amide bonds. The van der Waals surface area contributed by atoms with Crippen molar-refractivity contribution in [1.29, 1.82) is 0 Å². The summed E-state index contributed by atoms with van der Waals surface area (Å²) in [6, 6.07) is 15.2. The molecule has 3 aromatic rings. The Labute approximate surface area is 238 Å². The van der Waals surface area contributed by atoms with Gasteiger partial charge in [0.1, 0.15) is 11.8 Å². The third kappa shape index (κ3) is 5.15. The Kier molecular flexibility index (Phi) is 6.83. The van der Waals surface area contributed by atoms with Gasteiger partial charge in [0.05, 0.1) is 23.4 Å². The Bertz CT molecular complexity index is 1590. The van der Waals surface area contributed by atoms with Gasteiger partial charge in [-0.1, -0.05) is 18.2 Å². The number of amides is 4. The van der Waals surface area contributed by atoms with Crippen LogP contribution in [0.3, 0.4) is 0 Å². The number of benzene rings is 3. The molecule has 3 aromatic carbocycles. The van der Waals surface area contributed by atoms with Crippen LogP contribution < -0.4 is 15.0 Å². The van der Waals surface area contributed by atoms with Crippen molar-refractivity contribution in [2.75, 3.05) is 43.0 Å². The van der Waals surface area contributed by atoms with Gasteiger partial charge >= 0.3 is 6.18 Å². The Morgan fingerprint density at radius 3 is 2.38 bits per heavy atom. The molecule has 42 heavy (non-hydrogen) atoms. The van der Waals surface area contributed by atoms with Crippen molar-refractivity contribution in [1.82, 2.24) is 9.80 Å². The number of hydrogen-bond donors (Lipinski definition) is 1. The van der Waals surface area contributed by atoms with Gasteiger partial charge < -0.3 is 24.8 Å². The highest BCUT2D eigenvalue weighted by atomic mass is 19.4. The second kappa shape index (κ2) is 10.5. The first-order valence-electron chi connectivity index (χ1n) is 13.3. The number of rotatable bonds is 5. The van der Waals surface area contributed by atoms with Crippen molar-refractivity contribution in [3.05, 3.63) is 77.9 Å². The molecule has 12 heteroatoms. The Hall–Kier alpha value is -4.87. The molecule has 0 saturated carbocycles. The van der Waals surface area contributed by atoms with Crippen LogP contribution in [0.1, 0.15) is 22.3 Å². The molecule has 0 aliphatic carbocycles. The summed E-state index contributed by atoms with van der Waals surface area (Å²) in [6.07, 6.45) is -3.99. The number of piperazine rings is 1. The second-order valence-electron chi connectivity index (χ2n) is 10.3. The zero-order valence-corrected chi connectivity index (χ0v) is 22.2. The van der Waals surface area contributed by atoms with Crippen LogP contribution in [0.2, 0.25) is 0 Å². The van der Waals surface area contributed by atoms with E-state index in [0.717, 1.165) is 17.8 Å². The van der Waals surface area contributed by atoms with Crippen molar-refractivity contribution >= 4 is 35.0 Å². The summed E-state index contributed by atoms with van der Waals surface area (Å²) in [5, 5.41) is 2.73. The highest BCUT2D eigenvalue weighted by Crippen LogP contribution is 2.34. The van der Waals surface area contributed by atoms with Gasteiger partial charge in [0.15, 0.2) is 6.61 Å². The van der Waals surface area contributed by atoms with E-state index in [1.165, 1.54) is 34.1 Å². The quantitative estimate of drug-likeness (QED) is 0.465. The van der Waals surface area contributed by atoms with Gasteiger partial charge in [0.2, 0.25) is 11.8 Å². The standard InChI is InChI=1S/C30H25F3N4O5/c31-30(32,33)20-3-1-2-18(14-20)19-4-9-24-23(15-19)29(41)37-13-12-35(16-25(37)28(40)34-24)27(39)17-42-22-7-5-21(6-8-22)36-11-10-26(36)38/h1-9,14-15,25H,10-13,16-17H2,(H,34,40). The van der Waals surface area contributed by atoms with Crippen LogP contribution in [0, 0.1) is 0 Å². The molecule has 0 spiro atoms. The number of fused-ring (bicyclic) bond motifs is 2.